The maximum absolute atomic E-state index is 12.5. The topological polar surface area (TPSA) is 59.8 Å². The number of aromatic nitrogens is 3. The third kappa shape index (κ3) is 5.40. The Hall–Kier alpha value is -3.16. The first-order valence-corrected chi connectivity index (χ1v) is 8.23. The van der Waals surface area contributed by atoms with Crippen LogP contribution in [0, 0.1) is 0 Å². The van der Waals surface area contributed by atoms with E-state index in [1.807, 2.05) is 24.3 Å². The lowest BCUT2D eigenvalue weighted by Gasteiger charge is -2.09. The SMILES string of the molecule is O=C(Cc1ccc(C(F)(F)F)cc1)NCc1ccc(Cn2cncn2)cc1. The van der Waals surface area contributed by atoms with E-state index in [2.05, 4.69) is 15.4 Å². The maximum atomic E-state index is 12.5. The molecule has 1 amide bonds. The number of hydrogen-bond acceptors (Lipinski definition) is 3. The van der Waals surface area contributed by atoms with Gasteiger partial charge in [0.1, 0.15) is 12.7 Å². The summed E-state index contributed by atoms with van der Waals surface area (Å²) < 4.78 is 39.3. The summed E-state index contributed by atoms with van der Waals surface area (Å²) in [7, 11) is 0. The van der Waals surface area contributed by atoms with Crippen LogP contribution in [0.3, 0.4) is 0 Å². The number of hydrogen-bond donors (Lipinski definition) is 1. The van der Waals surface area contributed by atoms with Crippen molar-refractivity contribution >= 4 is 5.91 Å². The molecule has 1 N–H and O–H groups in total. The molecular weight excluding hydrogens is 357 g/mol. The third-order valence-electron chi connectivity index (χ3n) is 3.97. The summed E-state index contributed by atoms with van der Waals surface area (Å²) in [5.74, 6) is -0.249. The Balaban J connectivity index is 1.48. The molecule has 5 nitrogen and oxygen atoms in total. The normalized spacial score (nSPS) is 11.4. The van der Waals surface area contributed by atoms with Crippen LogP contribution in [-0.2, 0) is 30.5 Å². The summed E-state index contributed by atoms with van der Waals surface area (Å²) in [5.41, 5.74) is 1.79. The zero-order valence-corrected chi connectivity index (χ0v) is 14.3. The van der Waals surface area contributed by atoms with E-state index in [0.717, 1.165) is 23.3 Å². The molecule has 8 heteroatoms. The van der Waals surface area contributed by atoms with E-state index >= 15 is 0 Å². The number of nitrogens with zero attached hydrogens (tertiary/aromatic N) is 3. The fourth-order valence-corrected chi connectivity index (χ4v) is 2.52. The van der Waals surface area contributed by atoms with Crippen molar-refractivity contribution in [3.8, 4) is 0 Å². The molecule has 3 rings (SSSR count). The molecule has 2 aromatic carbocycles. The summed E-state index contributed by atoms with van der Waals surface area (Å²) in [6.07, 6.45) is -1.24. The molecule has 0 atom stereocenters. The van der Waals surface area contributed by atoms with Crippen molar-refractivity contribution in [1.29, 1.82) is 0 Å². The molecule has 0 aliphatic rings. The Labute approximate surface area is 153 Å². The maximum Gasteiger partial charge on any atom is 0.416 e. The average Bonchev–Trinajstić information content (AvgIpc) is 3.14. The van der Waals surface area contributed by atoms with Crippen LogP contribution < -0.4 is 5.32 Å². The second-order valence-electron chi connectivity index (χ2n) is 6.06. The lowest BCUT2D eigenvalue weighted by atomic mass is 10.1. The first-order valence-electron chi connectivity index (χ1n) is 8.23. The Kier molecular flexibility index (Phi) is 5.54. The van der Waals surface area contributed by atoms with E-state index in [1.165, 1.54) is 18.5 Å². The molecular formula is C19H17F3N4O. The van der Waals surface area contributed by atoms with Crippen LogP contribution >= 0.6 is 0 Å². The lowest BCUT2D eigenvalue weighted by molar-refractivity contribution is -0.137. The first kappa shape index (κ1) is 18.6. The zero-order valence-electron chi connectivity index (χ0n) is 14.3. The van der Waals surface area contributed by atoms with E-state index in [0.29, 0.717) is 18.7 Å². The molecule has 0 bridgehead atoms. The summed E-state index contributed by atoms with van der Waals surface area (Å²) >= 11 is 0. The minimum Gasteiger partial charge on any atom is -0.352 e. The van der Waals surface area contributed by atoms with Crippen LogP contribution in [0.15, 0.2) is 61.2 Å². The van der Waals surface area contributed by atoms with Crippen molar-refractivity contribution in [1.82, 2.24) is 20.1 Å². The predicted octanol–water partition coefficient (Wildman–Crippen LogP) is 3.20. The van der Waals surface area contributed by atoms with Gasteiger partial charge in [-0.1, -0.05) is 36.4 Å². The quantitative estimate of drug-likeness (QED) is 0.721. The molecule has 0 aliphatic carbocycles. The van der Waals surface area contributed by atoms with Crippen molar-refractivity contribution < 1.29 is 18.0 Å². The smallest absolute Gasteiger partial charge is 0.352 e. The second-order valence-corrected chi connectivity index (χ2v) is 6.06. The predicted molar refractivity (Wildman–Crippen MR) is 92.6 cm³/mol. The van der Waals surface area contributed by atoms with Crippen LogP contribution in [0.1, 0.15) is 22.3 Å². The number of nitrogens with one attached hydrogen (secondary N) is 1. The van der Waals surface area contributed by atoms with Gasteiger partial charge in [-0.25, -0.2) is 9.67 Å². The number of alkyl halides is 3. The number of carbonyl (C=O) groups is 1. The highest BCUT2D eigenvalue weighted by atomic mass is 19.4. The van der Waals surface area contributed by atoms with Gasteiger partial charge in [0.15, 0.2) is 0 Å². The molecule has 0 saturated heterocycles. The van der Waals surface area contributed by atoms with Gasteiger partial charge in [-0.15, -0.1) is 0 Å². The number of carbonyl (C=O) groups excluding carboxylic acids is 1. The van der Waals surface area contributed by atoms with Gasteiger partial charge in [0.25, 0.3) is 0 Å². The van der Waals surface area contributed by atoms with E-state index < -0.39 is 11.7 Å². The zero-order chi connectivity index (χ0) is 19.3. The van der Waals surface area contributed by atoms with Crippen molar-refractivity contribution in [3.63, 3.8) is 0 Å². The fraction of sp³-hybridized carbons (Fsp3) is 0.211. The fourth-order valence-electron chi connectivity index (χ4n) is 2.52. The van der Waals surface area contributed by atoms with Crippen LogP contribution in [-0.4, -0.2) is 20.7 Å². The number of halogens is 3. The minimum absolute atomic E-state index is 0.0303. The standard InChI is InChI=1S/C19H17F3N4O/c20-19(21,22)17-7-5-14(6-8-17)9-18(27)24-10-15-1-3-16(4-2-15)11-26-13-23-12-25-26/h1-8,12-13H,9-11H2,(H,24,27). The molecule has 0 saturated carbocycles. The minimum atomic E-state index is -4.37. The van der Waals surface area contributed by atoms with Crippen molar-refractivity contribution in [2.75, 3.05) is 0 Å². The summed E-state index contributed by atoms with van der Waals surface area (Å²) in [4.78, 5) is 15.9. The molecule has 1 aromatic heterocycles. The average molecular weight is 374 g/mol. The molecule has 3 aromatic rings. The van der Waals surface area contributed by atoms with Crippen molar-refractivity contribution in [3.05, 3.63) is 83.4 Å². The largest absolute Gasteiger partial charge is 0.416 e. The van der Waals surface area contributed by atoms with E-state index in [9.17, 15) is 18.0 Å². The Morgan fingerprint density at radius 1 is 0.963 bits per heavy atom. The highest BCUT2D eigenvalue weighted by Crippen LogP contribution is 2.29. The van der Waals surface area contributed by atoms with Gasteiger partial charge >= 0.3 is 6.18 Å². The van der Waals surface area contributed by atoms with Crippen molar-refractivity contribution in [2.45, 2.75) is 25.7 Å². The molecule has 140 valence electrons. The molecule has 0 unspecified atom stereocenters. The summed E-state index contributed by atoms with van der Waals surface area (Å²) in [6.45, 7) is 0.962. The molecule has 27 heavy (non-hydrogen) atoms. The molecule has 0 fully saturated rings. The van der Waals surface area contributed by atoms with Gasteiger partial charge in [-0.2, -0.15) is 18.3 Å². The van der Waals surface area contributed by atoms with Crippen LogP contribution in [0.2, 0.25) is 0 Å². The van der Waals surface area contributed by atoms with E-state index in [4.69, 9.17) is 0 Å². The van der Waals surface area contributed by atoms with Crippen molar-refractivity contribution in [2.24, 2.45) is 0 Å². The van der Waals surface area contributed by atoms with Crippen LogP contribution in [0.5, 0.6) is 0 Å². The van der Waals surface area contributed by atoms with Gasteiger partial charge in [-0.05, 0) is 28.8 Å². The Bertz CT molecular complexity index is 873. The Morgan fingerprint density at radius 3 is 2.19 bits per heavy atom. The molecule has 1 heterocycles. The highest BCUT2D eigenvalue weighted by molar-refractivity contribution is 5.78. The van der Waals surface area contributed by atoms with Gasteiger partial charge in [0.2, 0.25) is 5.91 Å². The van der Waals surface area contributed by atoms with Gasteiger partial charge < -0.3 is 5.32 Å². The van der Waals surface area contributed by atoms with Gasteiger partial charge in [0, 0.05) is 6.54 Å². The Morgan fingerprint density at radius 2 is 1.59 bits per heavy atom. The monoisotopic (exact) mass is 374 g/mol. The lowest BCUT2D eigenvalue weighted by Crippen LogP contribution is -2.24. The number of amides is 1. The molecule has 0 aliphatic heterocycles. The summed E-state index contributed by atoms with van der Waals surface area (Å²) in [6, 6.07) is 12.3. The van der Waals surface area contributed by atoms with Crippen LogP contribution in [0.4, 0.5) is 13.2 Å². The van der Waals surface area contributed by atoms with Gasteiger partial charge in [-0.3, -0.25) is 4.79 Å². The van der Waals surface area contributed by atoms with Gasteiger partial charge in [0.05, 0.1) is 18.5 Å². The first-order chi connectivity index (χ1) is 12.9. The van der Waals surface area contributed by atoms with Crippen LogP contribution in [0.25, 0.3) is 0 Å². The second kappa shape index (κ2) is 8.03. The number of benzene rings is 2. The molecule has 0 spiro atoms. The summed E-state index contributed by atoms with van der Waals surface area (Å²) in [5, 5.41) is 6.81. The van der Waals surface area contributed by atoms with E-state index in [1.54, 1.807) is 11.0 Å². The third-order valence-corrected chi connectivity index (χ3v) is 3.97. The van der Waals surface area contributed by atoms with E-state index in [-0.39, 0.29) is 12.3 Å². The molecule has 0 radical (unpaired) electrons. The highest BCUT2D eigenvalue weighted by Gasteiger charge is 2.29. The number of rotatable bonds is 6.